The quantitative estimate of drug-likeness (QED) is 0.615. The fourth-order valence-corrected chi connectivity index (χ4v) is 2.24. The van der Waals surface area contributed by atoms with E-state index in [1.165, 1.54) is 0 Å². The van der Waals surface area contributed by atoms with Crippen molar-refractivity contribution in [3.05, 3.63) is 0 Å². The highest BCUT2D eigenvalue weighted by molar-refractivity contribution is 5.82. The fourth-order valence-electron chi connectivity index (χ4n) is 2.24. The number of nitrogens with zero attached hydrogens (tertiary/aromatic N) is 1. The van der Waals surface area contributed by atoms with Crippen molar-refractivity contribution >= 4 is 12.3 Å². The molecule has 2 fully saturated rings. The minimum Gasteiger partial charge on any atom is -0.334 e. The molecule has 0 radical (unpaired) electrons. The molecular weight excluding hydrogens is 194 g/mol. The summed E-state index contributed by atoms with van der Waals surface area (Å²) < 4.78 is 0. The van der Waals surface area contributed by atoms with Crippen LogP contribution in [-0.4, -0.2) is 42.5 Å². The Morgan fingerprint density at radius 2 is 2.27 bits per heavy atom. The molecule has 2 heterocycles. The lowest BCUT2D eigenvalue weighted by Gasteiger charge is -2.22. The van der Waals surface area contributed by atoms with Gasteiger partial charge >= 0.3 is 0 Å². The average molecular weight is 211 g/mol. The molecule has 2 unspecified atom stereocenters. The summed E-state index contributed by atoms with van der Waals surface area (Å²) in [6, 6.07) is -0.0564. The summed E-state index contributed by atoms with van der Waals surface area (Å²) in [4.78, 5) is 24.1. The zero-order chi connectivity index (χ0) is 10.7. The maximum absolute atomic E-state index is 11.7. The smallest absolute Gasteiger partial charge is 0.238 e. The van der Waals surface area contributed by atoms with E-state index in [0.717, 1.165) is 45.2 Å². The van der Waals surface area contributed by atoms with E-state index in [2.05, 4.69) is 10.6 Å². The van der Waals surface area contributed by atoms with E-state index in [1.807, 2.05) is 0 Å². The highest BCUT2D eigenvalue weighted by atomic mass is 16.2. The molecule has 2 amide bonds. The summed E-state index contributed by atoms with van der Waals surface area (Å²) in [5.41, 5.74) is 0. The largest absolute Gasteiger partial charge is 0.334 e. The van der Waals surface area contributed by atoms with Crippen LogP contribution in [0.5, 0.6) is 0 Å². The molecule has 0 aromatic heterocycles. The fraction of sp³-hybridized carbons (Fsp3) is 0.800. The zero-order valence-electron chi connectivity index (χ0n) is 8.74. The molecule has 84 valence electrons. The molecule has 0 aliphatic carbocycles. The van der Waals surface area contributed by atoms with E-state index >= 15 is 0 Å². The average Bonchev–Trinajstić information content (AvgIpc) is 2.87. The topological polar surface area (TPSA) is 61.4 Å². The number of amides is 2. The number of nitrogens with one attached hydrogen (secondary N) is 2. The van der Waals surface area contributed by atoms with Gasteiger partial charge in [-0.3, -0.25) is 9.59 Å². The first-order chi connectivity index (χ1) is 7.31. The molecule has 15 heavy (non-hydrogen) atoms. The number of hydrogen-bond acceptors (Lipinski definition) is 3. The molecule has 0 aromatic carbocycles. The molecule has 2 rings (SSSR count). The summed E-state index contributed by atoms with van der Waals surface area (Å²) >= 11 is 0. The Bertz CT molecular complexity index is 251. The number of carbonyl (C=O) groups is 2. The minimum absolute atomic E-state index is 0.0336. The Morgan fingerprint density at radius 3 is 2.93 bits per heavy atom. The van der Waals surface area contributed by atoms with Crippen LogP contribution in [0.2, 0.25) is 0 Å². The number of hydrogen-bond donors (Lipinski definition) is 2. The number of rotatable bonds is 3. The molecule has 5 nitrogen and oxygen atoms in total. The van der Waals surface area contributed by atoms with Gasteiger partial charge in [-0.05, 0) is 32.2 Å². The van der Waals surface area contributed by atoms with Crippen LogP contribution >= 0.6 is 0 Å². The van der Waals surface area contributed by atoms with Crippen LogP contribution < -0.4 is 10.6 Å². The van der Waals surface area contributed by atoms with Gasteiger partial charge in [0.2, 0.25) is 12.3 Å². The molecule has 2 N–H and O–H groups in total. The van der Waals surface area contributed by atoms with Crippen molar-refractivity contribution in [2.75, 3.05) is 13.1 Å². The summed E-state index contributed by atoms with van der Waals surface area (Å²) in [6.45, 7) is 1.67. The van der Waals surface area contributed by atoms with Gasteiger partial charge in [0.05, 0.1) is 6.04 Å². The highest BCUT2D eigenvalue weighted by Crippen LogP contribution is 2.13. The Kier molecular flexibility index (Phi) is 3.20. The lowest BCUT2D eigenvalue weighted by atomic mass is 10.2. The molecular formula is C10H17N3O2. The summed E-state index contributed by atoms with van der Waals surface area (Å²) in [5, 5.41) is 6.06. The SMILES string of the molecule is O=CN1CCCC1NC(=O)C1CCCN1. The molecule has 5 heteroatoms. The standard InChI is InChI=1S/C10H17N3O2/c14-7-13-6-2-4-9(13)12-10(15)8-3-1-5-11-8/h7-9,11H,1-6H2,(H,12,15). The van der Waals surface area contributed by atoms with E-state index in [1.54, 1.807) is 4.90 Å². The van der Waals surface area contributed by atoms with Crippen LogP contribution in [-0.2, 0) is 9.59 Å². The molecule has 0 saturated carbocycles. The summed E-state index contributed by atoms with van der Waals surface area (Å²) in [5.74, 6) is 0.0336. The van der Waals surface area contributed by atoms with Gasteiger partial charge in [-0.25, -0.2) is 0 Å². The van der Waals surface area contributed by atoms with Gasteiger partial charge in [0.15, 0.2) is 0 Å². The lowest BCUT2D eigenvalue weighted by Crippen LogP contribution is -2.49. The molecule has 2 saturated heterocycles. The second kappa shape index (κ2) is 4.61. The van der Waals surface area contributed by atoms with Crippen molar-refractivity contribution in [1.29, 1.82) is 0 Å². The summed E-state index contributed by atoms with van der Waals surface area (Å²) in [6.07, 6.45) is 4.54. The highest BCUT2D eigenvalue weighted by Gasteiger charge is 2.28. The van der Waals surface area contributed by atoms with Crippen molar-refractivity contribution < 1.29 is 9.59 Å². The predicted octanol–water partition coefficient (Wildman–Crippen LogP) is -0.567. The maximum Gasteiger partial charge on any atom is 0.238 e. The molecule has 2 aliphatic rings. The van der Waals surface area contributed by atoms with Crippen LogP contribution in [0.15, 0.2) is 0 Å². The molecule has 2 aliphatic heterocycles. The van der Waals surface area contributed by atoms with Gasteiger partial charge < -0.3 is 15.5 Å². The first kappa shape index (κ1) is 10.4. The van der Waals surface area contributed by atoms with Gasteiger partial charge in [-0.2, -0.15) is 0 Å². The van der Waals surface area contributed by atoms with Gasteiger partial charge in [0.25, 0.3) is 0 Å². The molecule has 0 spiro atoms. The molecule has 0 bridgehead atoms. The van der Waals surface area contributed by atoms with Crippen molar-refractivity contribution in [2.24, 2.45) is 0 Å². The van der Waals surface area contributed by atoms with E-state index < -0.39 is 0 Å². The molecule has 2 atom stereocenters. The Labute approximate surface area is 89.2 Å². The normalized spacial score (nSPS) is 30.5. The first-order valence-corrected chi connectivity index (χ1v) is 5.56. The van der Waals surface area contributed by atoms with Gasteiger partial charge in [0, 0.05) is 6.54 Å². The Balaban J connectivity index is 1.84. The van der Waals surface area contributed by atoms with Crippen molar-refractivity contribution in [3.8, 4) is 0 Å². The Hall–Kier alpha value is -1.10. The zero-order valence-corrected chi connectivity index (χ0v) is 8.74. The van der Waals surface area contributed by atoms with E-state index in [4.69, 9.17) is 0 Å². The van der Waals surface area contributed by atoms with Crippen molar-refractivity contribution in [2.45, 2.75) is 37.9 Å². The van der Waals surface area contributed by atoms with Crippen LogP contribution in [0.3, 0.4) is 0 Å². The maximum atomic E-state index is 11.7. The molecule has 0 aromatic rings. The van der Waals surface area contributed by atoms with Crippen LogP contribution in [0.4, 0.5) is 0 Å². The van der Waals surface area contributed by atoms with Crippen LogP contribution in [0, 0.1) is 0 Å². The van der Waals surface area contributed by atoms with Gasteiger partial charge in [-0.1, -0.05) is 0 Å². The number of likely N-dealkylation sites (tertiary alicyclic amines) is 1. The minimum atomic E-state index is -0.0857. The third kappa shape index (κ3) is 2.28. The lowest BCUT2D eigenvalue weighted by molar-refractivity contribution is -0.126. The first-order valence-electron chi connectivity index (χ1n) is 5.56. The number of carbonyl (C=O) groups excluding carboxylic acids is 2. The van der Waals surface area contributed by atoms with E-state index in [0.29, 0.717) is 0 Å². The van der Waals surface area contributed by atoms with E-state index in [9.17, 15) is 9.59 Å². The van der Waals surface area contributed by atoms with Gasteiger partial charge in [-0.15, -0.1) is 0 Å². The predicted molar refractivity (Wildman–Crippen MR) is 55.0 cm³/mol. The van der Waals surface area contributed by atoms with Crippen molar-refractivity contribution in [1.82, 2.24) is 15.5 Å². The Morgan fingerprint density at radius 1 is 1.40 bits per heavy atom. The third-order valence-corrected chi connectivity index (χ3v) is 3.12. The van der Waals surface area contributed by atoms with Crippen LogP contribution in [0.25, 0.3) is 0 Å². The second-order valence-electron chi connectivity index (χ2n) is 4.16. The van der Waals surface area contributed by atoms with Crippen molar-refractivity contribution in [3.63, 3.8) is 0 Å². The van der Waals surface area contributed by atoms with E-state index in [-0.39, 0.29) is 18.1 Å². The van der Waals surface area contributed by atoms with Gasteiger partial charge in [0.1, 0.15) is 6.17 Å². The monoisotopic (exact) mass is 211 g/mol. The second-order valence-corrected chi connectivity index (χ2v) is 4.16. The van der Waals surface area contributed by atoms with Crippen LogP contribution in [0.1, 0.15) is 25.7 Å². The third-order valence-electron chi connectivity index (χ3n) is 3.12. The summed E-state index contributed by atoms with van der Waals surface area (Å²) in [7, 11) is 0.